The van der Waals surface area contributed by atoms with E-state index in [0.717, 1.165) is 0 Å². The third-order valence-electron chi connectivity index (χ3n) is 2.34. The first-order valence-corrected chi connectivity index (χ1v) is 4.79. The standard InChI is InChI=1S/C8H2F15/c9-2(10)5(15,16)7(19,20)6(17,18)3(11,12)1-4(13,14)8(21,22)23/h1H2. The topological polar surface area (TPSA) is 0 Å². The molecule has 0 aromatic rings. The summed E-state index contributed by atoms with van der Waals surface area (Å²) in [5, 5.41) is 0. The van der Waals surface area contributed by atoms with Crippen LogP contribution in [0.4, 0.5) is 65.9 Å². The summed E-state index contributed by atoms with van der Waals surface area (Å²) in [6.07, 6.45) is -16.1. The van der Waals surface area contributed by atoms with Crippen LogP contribution in [0.25, 0.3) is 0 Å². The summed E-state index contributed by atoms with van der Waals surface area (Å²) >= 11 is 0. The maximum atomic E-state index is 12.7. The van der Waals surface area contributed by atoms with E-state index in [1.165, 1.54) is 0 Å². The van der Waals surface area contributed by atoms with Gasteiger partial charge in [0.05, 0.1) is 6.42 Å². The Hall–Kier alpha value is -1.05. The molecule has 0 aromatic carbocycles. The van der Waals surface area contributed by atoms with Crippen molar-refractivity contribution in [3.63, 3.8) is 0 Å². The molecule has 0 saturated carbocycles. The van der Waals surface area contributed by atoms with Crippen LogP contribution in [0.15, 0.2) is 0 Å². The maximum absolute atomic E-state index is 12.7. The van der Waals surface area contributed by atoms with Gasteiger partial charge in [-0.1, -0.05) is 0 Å². The number of rotatable bonds is 6. The molecule has 0 aliphatic carbocycles. The molecule has 0 fully saturated rings. The van der Waals surface area contributed by atoms with Crippen molar-refractivity contribution in [1.29, 1.82) is 0 Å². The number of hydrogen-bond donors (Lipinski definition) is 0. The van der Waals surface area contributed by atoms with E-state index < -0.39 is 48.6 Å². The Kier molecular flexibility index (Phi) is 5.25. The van der Waals surface area contributed by atoms with Crippen molar-refractivity contribution in [2.75, 3.05) is 0 Å². The van der Waals surface area contributed by atoms with Crippen molar-refractivity contribution in [3.8, 4) is 0 Å². The van der Waals surface area contributed by atoms with Crippen LogP contribution in [0.2, 0.25) is 0 Å². The zero-order valence-corrected chi connectivity index (χ0v) is 9.88. The summed E-state index contributed by atoms with van der Waals surface area (Å²) in [6.45, 7) is 0. The number of hydrogen-bond acceptors (Lipinski definition) is 0. The van der Waals surface area contributed by atoms with Gasteiger partial charge in [-0.15, -0.1) is 0 Å². The van der Waals surface area contributed by atoms with Gasteiger partial charge in [-0.3, -0.25) is 0 Å². The largest absolute Gasteiger partial charge is 0.453 e. The average Bonchev–Trinajstić information content (AvgIpc) is 2.24. The van der Waals surface area contributed by atoms with Gasteiger partial charge in [-0.25, -0.2) is 0 Å². The lowest BCUT2D eigenvalue weighted by Gasteiger charge is -2.37. The van der Waals surface area contributed by atoms with Gasteiger partial charge in [0.25, 0.3) is 0 Å². The van der Waals surface area contributed by atoms with Crippen LogP contribution >= 0.6 is 0 Å². The van der Waals surface area contributed by atoms with Crippen LogP contribution in [0.1, 0.15) is 6.42 Å². The Morgan fingerprint density at radius 3 is 1.13 bits per heavy atom. The van der Waals surface area contributed by atoms with Crippen molar-refractivity contribution in [1.82, 2.24) is 0 Å². The number of halogens is 15. The van der Waals surface area contributed by atoms with Gasteiger partial charge < -0.3 is 0 Å². The molecule has 0 amide bonds. The summed E-state index contributed by atoms with van der Waals surface area (Å²) in [5.41, 5.74) is 0. The van der Waals surface area contributed by atoms with Gasteiger partial charge in [0.2, 0.25) is 0 Å². The predicted molar refractivity (Wildman–Crippen MR) is 40.9 cm³/mol. The van der Waals surface area contributed by atoms with E-state index >= 15 is 0 Å². The second kappa shape index (κ2) is 5.50. The summed E-state index contributed by atoms with van der Waals surface area (Å²) in [6, 6.07) is 0. The first-order valence-electron chi connectivity index (χ1n) is 4.79. The Morgan fingerprint density at radius 1 is 0.522 bits per heavy atom. The fourth-order valence-electron chi connectivity index (χ4n) is 1.04. The maximum Gasteiger partial charge on any atom is 0.453 e. The Morgan fingerprint density at radius 2 is 0.870 bits per heavy atom. The quantitative estimate of drug-likeness (QED) is 0.528. The molecule has 0 atom stereocenters. The van der Waals surface area contributed by atoms with E-state index in [1.807, 2.05) is 0 Å². The summed E-state index contributed by atoms with van der Waals surface area (Å²) in [4.78, 5) is 0. The predicted octanol–water partition coefficient (Wildman–Crippen LogP) is 5.54. The van der Waals surface area contributed by atoms with Gasteiger partial charge in [0.1, 0.15) is 0 Å². The molecular formula is C8H2F15. The Bertz CT molecular complexity index is 416. The van der Waals surface area contributed by atoms with E-state index in [4.69, 9.17) is 0 Å². The normalized spacial score (nSPS) is 16.2. The molecule has 0 bridgehead atoms. The molecule has 0 heterocycles. The summed E-state index contributed by atoms with van der Waals surface area (Å²) in [5.74, 6) is -36.4. The molecule has 0 nitrogen and oxygen atoms in total. The first kappa shape index (κ1) is 21.9. The molecular weight excluding hydrogens is 381 g/mol. The monoisotopic (exact) mass is 383 g/mol. The lowest BCUT2D eigenvalue weighted by Crippen LogP contribution is -2.64. The third-order valence-corrected chi connectivity index (χ3v) is 2.34. The van der Waals surface area contributed by atoms with Gasteiger partial charge in [0, 0.05) is 0 Å². The lowest BCUT2D eigenvalue weighted by molar-refractivity contribution is -0.387. The zero-order chi connectivity index (χ0) is 19.3. The van der Waals surface area contributed by atoms with E-state index in [9.17, 15) is 65.9 Å². The lowest BCUT2D eigenvalue weighted by atomic mass is 9.94. The first-order chi connectivity index (χ1) is 9.65. The van der Waals surface area contributed by atoms with Crippen molar-refractivity contribution in [2.45, 2.75) is 42.2 Å². The van der Waals surface area contributed by atoms with Gasteiger partial charge in [-0.2, -0.15) is 65.9 Å². The van der Waals surface area contributed by atoms with E-state index in [1.54, 1.807) is 0 Å². The molecule has 0 aliphatic rings. The highest BCUT2D eigenvalue weighted by Gasteiger charge is 2.84. The zero-order valence-electron chi connectivity index (χ0n) is 9.88. The van der Waals surface area contributed by atoms with E-state index in [0.29, 0.717) is 0 Å². The van der Waals surface area contributed by atoms with Crippen LogP contribution in [-0.4, -0.2) is 35.8 Å². The van der Waals surface area contributed by atoms with Crippen LogP contribution < -0.4 is 0 Å². The van der Waals surface area contributed by atoms with Crippen molar-refractivity contribution in [3.05, 3.63) is 6.43 Å². The SMILES string of the molecule is F[C](F)C(F)(F)C(F)(F)C(F)(F)C(F)(F)CC(F)(F)C(F)(F)F. The fraction of sp³-hybridized carbons (Fsp3) is 0.875. The smallest absolute Gasteiger partial charge is 0.199 e. The average molecular weight is 383 g/mol. The molecule has 139 valence electrons. The molecule has 23 heavy (non-hydrogen) atoms. The second-order valence-corrected chi connectivity index (χ2v) is 4.07. The summed E-state index contributed by atoms with van der Waals surface area (Å²) in [7, 11) is 0. The highest BCUT2D eigenvalue weighted by atomic mass is 19.4. The molecule has 0 unspecified atom stereocenters. The summed E-state index contributed by atoms with van der Waals surface area (Å²) < 4.78 is 183. The molecule has 0 rings (SSSR count). The molecule has 0 aliphatic heterocycles. The number of alkyl halides is 13. The Labute approximate surface area is 116 Å². The molecule has 0 saturated heterocycles. The van der Waals surface area contributed by atoms with E-state index in [-0.39, 0.29) is 0 Å². The van der Waals surface area contributed by atoms with Gasteiger partial charge in [0.15, 0.2) is 0 Å². The van der Waals surface area contributed by atoms with Crippen LogP contribution in [0, 0.1) is 6.43 Å². The minimum Gasteiger partial charge on any atom is -0.199 e. The third kappa shape index (κ3) is 3.41. The van der Waals surface area contributed by atoms with Gasteiger partial charge >= 0.3 is 42.2 Å². The van der Waals surface area contributed by atoms with E-state index in [2.05, 4.69) is 0 Å². The molecule has 1 radical (unpaired) electrons. The van der Waals surface area contributed by atoms with Crippen molar-refractivity contribution in [2.24, 2.45) is 0 Å². The molecule has 15 heteroatoms. The van der Waals surface area contributed by atoms with Crippen molar-refractivity contribution < 1.29 is 65.9 Å². The van der Waals surface area contributed by atoms with Crippen LogP contribution in [-0.2, 0) is 0 Å². The highest BCUT2D eigenvalue weighted by molar-refractivity contribution is 5.09. The fourth-order valence-corrected chi connectivity index (χ4v) is 1.04. The molecule has 0 spiro atoms. The van der Waals surface area contributed by atoms with Crippen LogP contribution in [0.3, 0.4) is 0 Å². The molecule has 0 N–H and O–H groups in total. The second-order valence-electron chi connectivity index (χ2n) is 4.07. The highest BCUT2D eigenvalue weighted by Crippen LogP contribution is 2.58. The Balaban J connectivity index is 5.90. The van der Waals surface area contributed by atoms with Crippen molar-refractivity contribution >= 4 is 0 Å². The van der Waals surface area contributed by atoms with Gasteiger partial charge in [-0.05, 0) is 0 Å². The minimum atomic E-state index is -7.67. The van der Waals surface area contributed by atoms with Crippen LogP contribution in [0.5, 0.6) is 0 Å². The minimum absolute atomic E-state index is 4.37. The molecule has 0 aromatic heterocycles.